The van der Waals surface area contributed by atoms with Gasteiger partial charge in [-0.3, -0.25) is 14.4 Å². The third-order valence-corrected chi connectivity index (χ3v) is 11.4. The molecule has 64 heavy (non-hydrogen) atoms. The van der Waals surface area contributed by atoms with E-state index in [4.69, 9.17) is 14.2 Å². The van der Waals surface area contributed by atoms with Crippen LogP contribution >= 0.6 is 0 Å². The smallest absolute Gasteiger partial charge is 0.306 e. The molecule has 0 amide bonds. The van der Waals surface area contributed by atoms with Crippen LogP contribution in [0.4, 0.5) is 0 Å². The van der Waals surface area contributed by atoms with Crippen LogP contribution in [0.2, 0.25) is 0 Å². The molecule has 0 spiro atoms. The van der Waals surface area contributed by atoms with Gasteiger partial charge in [0.2, 0.25) is 0 Å². The van der Waals surface area contributed by atoms with Crippen LogP contribution in [0.1, 0.15) is 258 Å². The fraction of sp³-hybridized carbons (Fsp3) is 0.741. The Kier molecular flexibility index (Phi) is 49.9. The molecule has 6 nitrogen and oxygen atoms in total. The highest BCUT2D eigenvalue weighted by molar-refractivity contribution is 5.71. The van der Waals surface area contributed by atoms with Gasteiger partial charge in [0.25, 0.3) is 0 Å². The van der Waals surface area contributed by atoms with E-state index >= 15 is 0 Å². The van der Waals surface area contributed by atoms with Gasteiger partial charge in [0.1, 0.15) is 13.2 Å². The van der Waals surface area contributed by atoms with Crippen molar-refractivity contribution in [1.82, 2.24) is 0 Å². The topological polar surface area (TPSA) is 78.9 Å². The van der Waals surface area contributed by atoms with Crippen LogP contribution in [-0.4, -0.2) is 37.2 Å². The van der Waals surface area contributed by atoms with Crippen LogP contribution in [0.3, 0.4) is 0 Å². The summed E-state index contributed by atoms with van der Waals surface area (Å²) in [5, 5.41) is 0. The zero-order valence-corrected chi connectivity index (χ0v) is 42.0. The standard InChI is InChI=1S/C58H100O6/c1-4-7-10-13-16-19-22-25-27-28-29-30-31-34-36-39-42-45-48-51-57(60)63-54-55(53-62-56(59)50-47-44-41-38-35-32-24-21-18-15-12-9-6-3)64-58(61)52-49-46-43-40-37-33-26-23-20-17-14-11-8-5-2/h8,11,17,20,26,28-29,32-33,35,41,44,55H,4-7,9-10,12-16,18-19,21-25,27,30-31,34,36-40,42-43,45-54H2,1-3H3/b11-8+,20-17+,29-28+,33-26+,35-32+,44-41+. The molecule has 0 fully saturated rings. The molecule has 368 valence electrons. The van der Waals surface area contributed by atoms with E-state index in [2.05, 4.69) is 87.6 Å². The highest BCUT2D eigenvalue weighted by Gasteiger charge is 2.19. The third kappa shape index (κ3) is 49.9. The van der Waals surface area contributed by atoms with Crippen LogP contribution in [0.15, 0.2) is 72.9 Å². The Balaban J connectivity index is 4.43. The Morgan fingerprint density at radius 3 is 1.06 bits per heavy atom. The van der Waals surface area contributed by atoms with Crippen LogP contribution in [0, 0.1) is 0 Å². The number of carbonyl (C=O) groups is 3. The van der Waals surface area contributed by atoms with E-state index in [1.54, 1.807) is 0 Å². The van der Waals surface area contributed by atoms with Crippen molar-refractivity contribution in [3.63, 3.8) is 0 Å². The number of hydrogen-bond acceptors (Lipinski definition) is 6. The fourth-order valence-electron chi connectivity index (χ4n) is 7.39. The van der Waals surface area contributed by atoms with Crippen molar-refractivity contribution in [3.8, 4) is 0 Å². The number of esters is 3. The van der Waals surface area contributed by atoms with E-state index in [9.17, 15) is 14.4 Å². The molecule has 0 saturated carbocycles. The maximum Gasteiger partial charge on any atom is 0.306 e. The predicted molar refractivity (Wildman–Crippen MR) is 274 cm³/mol. The summed E-state index contributed by atoms with van der Waals surface area (Å²) < 4.78 is 16.7. The summed E-state index contributed by atoms with van der Waals surface area (Å²) in [6.07, 6.45) is 66.2. The van der Waals surface area contributed by atoms with Gasteiger partial charge < -0.3 is 14.2 Å². The lowest BCUT2D eigenvalue weighted by Gasteiger charge is -2.18. The zero-order chi connectivity index (χ0) is 46.5. The van der Waals surface area contributed by atoms with Crippen molar-refractivity contribution in [2.24, 2.45) is 0 Å². The van der Waals surface area contributed by atoms with E-state index in [0.717, 1.165) is 83.5 Å². The van der Waals surface area contributed by atoms with Crippen molar-refractivity contribution in [2.45, 2.75) is 264 Å². The van der Waals surface area contributed by atoms with Crippen molar-refractivity contribution in [1.29, 1.82) is 0 Å². The second kappa shape index (κ2) is 52.5. The number of ether oxygens (including phenoxy) is 3. The molecule has 0 N–H and O–H groups in total. The largest absolute Gasteiger partial charge is 0.462 e. The van der Waals surface area contributed by atoms with Crippen molar-refractivity contribution >= 4 is 17.9 Å². The molecule has 0 aromatic rings. The maximum absolute atomic E-state index is 12.8. The lowest BCUT2D eigenvalue weighted by molar-refractivity contribution is -0.166. The second-order valence-corrected chi connectivity index (χ2v) is 17.7. The quantitative estimate of drug-likeness (QED) is 0.0262. The van der Waals surface area contributed by atoms with Gasteiger partial charge in [0.05, 0.1) is 0 Å². The molecule has 0 saturated heterocycles. The molecule has 6 heteroatoms. The Bertz CT molecular complexity index is 1210. The minimum atomic E-state index is -0.811. The van der Waals surface area contributed by atoms with Gasteiger partial charge in [-0.25, -0.2) is 0 Å². The number of carbonyl (C=O) groups excluding carboxylic acids is 3. The predicted octanol–water partition coefficient (Wildman–Crippen LogP) is 17.8. The number of rotatable bonds is 48. The minimum Gasteiger partial charge on any atom is -0.462 e. The van der Waals surface area contributed by atoms with Crippen LogP contribution in [0.5, 0.6) is 0 Å². The molecule has 0 rings (SSSR count). The van der Waals surface area contributed by atoms with E-state index in [0.29, 0.717) is 19.3 Å². The third-order valence-electron chi connectivity index (χ3n) is 11.4. The van der Waals surface area contributed by atoms with Crippen LogP contribution in [-0.2, 0) is 28.6 Å². The first-order valence-electron chi connectivity index (χ1n) is 26.9. The highest BCUT2D eigenvalue weighted by Crippen LogP contribution is 2.14. The minimum absolute atomic E-state index is 0.104. The monoisotopic (exact) mass is 893 g/mol. The SMILES string of the molecule is CC/C=C/C/C=C/C/C=C/CCCCCCC(=O)OC(COC(=O)CC/C=C/C/C=C/CCCCCCCC)COC(=O)CCCCCCCCC/C=C/CCCCCCCCCC. The average molecular weight is 893 g/mol. The number of hydrogen-bond donors (Lipinski definition) is 0. The molecule has 0 aliphatic heterocycles. The Hall–Kier alpha value is -3.15. The summed E-state index contributed by atoms with van der Waals surface area (Å²) in [6, 6.07) is 0. The Morgan fingerprint density at radius 2 is 0.641 bits per heavy atom. The van der Waals surface area contributed by atoms with Gasteiger partial charge >= 0.3 is 17.9 Å². The molecule has 0 radical (unpaired) electrons. The van der Waals surface area contributed by atoms with Crippen LogP contribution < -0.4 is 0 Å². The van der Waals surface area contributed by atoms with E-state index in [1.165, 1.54) is 128 Å². The molecular formula is C58H100O6. The summed E-state index contributed by atoms with van der Waals surface area (Å²) in [7, 11) is 0. The normalized spacial score (nSPS) is 12.6. The van der Waals surface area contributed by atoms with Gasteiger partial charge in [0, 0.05) is 19.3 Å². The van der Waals surface area contributed by atoms with Crippen molar-refractivity contribution < 1.29 is 28.6 Å². The molecule has 0 aromatic carbocycles. The molecular weight excluding hydrogens is 793 g/mol. The molecule has 1 unspecified atom stereocenters. The van der Waals surface area contributed by atoms with Gasteiger partial charge in [0.15, 0.2) is 6.10 Å². The first-order chi connectivity index (χ1) is 31.5. The lowest BCUT2D eigenvalue weighted by atomic mass is 10.1. The van der Waals surface area contributed by atoms with E-state index in [1.807, 2.05) is 6.08 Å². The molecule has 0 aliphatic rings. The summed E-state index contributed by atoms with van der Waals surface area (Å²) in [5.41, 5.74) is 0. The second-order valence-electron chi connectivity index (χ2n) is 17.7. The first-order valence-corrected chi connectivity index (χ1v) is 26.9. The summed E-state index contributed by atoms with van der Waals surface area (Å²) in [4.78, 5) is 38.0. The molecule has 0 aromatic heterocycles. The molecule has 0 heterocycles. The van der Waals surface area contributed by atoms with Gasteiger partial charge in [-0.2, -0.15) is 0 Å². The van der Waals surface area contributed by atoms with E-state index < -0.39 is 6.10 Å². The lowest BCUT2D eigenvalue weighted by Crippen LogP contribution is -2.30. The molecule has 0 bridgehead atoms. The van der Waals surface area contributed by atoms with Crippen LogP contribution in [0.25, 0.3) is 0 Å². The average Bonchev–Trinajstić information content (AvgIpc) is 3.29. The summed E-state index contributed by atoms with van der Waals surface area (Å²) >= 11 is 0. The van der Waals surface area contributed by atoms with Gasteiger partial charge in [-0.05, 0) is 96.3 Å². The fourth-order valence-corrected chi connectivity index (χ4v) is 7.39. The first kappa shape index (κ1) is 60.9. The molecule has 1 atom stereocenters. The summed E-state index contributed by atoms with van der Waals surface area (Å²) in [5.74, 6) is -0.998. The van der Waals surface area contributed by atoms with Gasteiger partial charge in [-0.1, -0.05) is 216 Å². The number of unbranched alkanes of at least 4 members (excludes halogenated alkanes) is 25. The summed E-state index contributed by atoms with van der Waals surface area (Å²) in [6.45, 7) is 6.45. The Labute approximate surface area is 395 Å². The van der Waals surface area contributed by atoms with Gasteiger partial charge in [-0.15, -0.1) is 0 Å². The molecule has 0 aliphatic carbocycles. The Morgan fingerprint density at radius 1 is 0.328 bits per heavy atom. The van der Waals surface area contributed by atoms with E-state index in [-0.39, 0.29) is 37.5 Å². The maximum atomic E-state index is 12.8. The highest BCUT2D eigenvalue weighted by atomic mass is 16.6. The van der Waals surface area contributed by atoms with Crippen molar-refractivity contribution in [3.05, 3.63) is 72.9 Å². The zero-order valence-electron chi connectivity index (χ0n) is 42.0. The van der Waals surface area contributed by atoms with Crippen molar-refractivity contribution in [2.75, 3.05) is 13.2 Å². The number of allylic oxidation sites excluding steroid dienone is 12.